The maximum Gasteiger partial charge on any atom is 0.254 e. The second kappa shape index (κ2) is 5.36. The van der Waals surface area contributed by atoms with E-state index in [1.807, 2.05) is 18.2 Å². The van der Waals surface area contributed by atoms with Crippen LogP contribution in [0.15, 0.2) is 46.9 Å². The van der Waals surface area contributed by atoms with Crippen LogP contribution in [-0.2, 0) is 6.54 Å². The number of rotatable bonds is 3. The van der Waals surface area contributed by atoms with E-state index in [1.165, 1.54) is 12.1 Å². The number of hydrogen-bond acceptors (Lipinski definition) is 3. The van der Waals surface area contributed by atoms with Crippen molar-refractivity contribution >= 4 is 17.0 Å². The summed E-state index contributed by atoms with van der Waals surface area (Å²) in [6, 6.07) is 11.4. The Morgan fingerprint density at radius 2 is 2.10 bits per heavy atom. The molecule has 0 aliphatic heterocycles. The molecule has 1 aromatic heterocycles. The number of carbonyl (C=O) groups is 1. The van der Waals surface area contributed by atoms with Crippen molar-refractivity contribution in [1.29, 1.82) is 0 Å². The SMILES string of the molecule is Cc1nc2ccc(CNC(=O)c3ccccc3F)cc2o1. The Labute approximate surface area is 120 Å². The fourth-order valence-electron chi connectivity index (χ4n) is 2.12. The Hall–Kier alpha value is -2.69. The zero-order valence-electron chi connectivity index (χ0n) is 11.4. The summed E-state index contributed by atoms with van der Waals surface area (Å²) in [7, 11) is 0. The van der Waals surface area contributed by atoms with Crippen molar-refractivity contribution in [3.05, 3.63) is 65.3 Å². The van der Waals surface area contributed by atoms with Crippen LogP contribution in [0.25, 0.3) is 11.1 Å². The van der Waals surface area contributed by atoms with Crippen LogP contribution in [0.3, 0.4) is 0 Å². The Balaban J connectivity index is 1.74. The highest BCUT2D eigenvalue weighted by Crippen LogP contribution is 2.17. The van der Waals surface area contributed by atoms with Gasteiger partial charge in [0, 0.05) is 13.5 Å². The zero-order valence-corrected chi connectivity index (χ0v) is 11.4. The van der Waals surface area contributed by atoms with Crippen molar-refractivity contribution in [2.24, 2.45) is 0 Å². The molecule has 3 rings (SSSR count). The fraction of sp³-hybridized carbons (Fsp3) is 0.125. The quantitative estimate of drug-likeness (QED) is 0.803. The van der Waals surface area contributed by atoms with Gasteiger partial charge in [-0.3, -0.25) is 4.79 Å². The minimum Gasteiger partial charge on any atom is -0.441 e. The molecule has 106 valence electrons. The molecule has 2 aromatic carbocycles. The van der Waals surface area contributed by atoms with Gasteiger partial charge in [0.1, 0.15) is 11.3 Å². The first kappa shape index (κ1) is 13.3. The summed E-state index contributed by atoms with van der Waals surface area (Å²) < 4.78 is 18.9. The molecule has 0 saturated heterocycles. The molecule has 0 aliphatic rings. The van der Waals surface area contributed by atoms with E-state index in [2.05, 4.69) is 10.3 Å². The molecule has 0 unspecified atom stereocenters. The van der Waals surface area contributed by atoms with Gasteiger partial charge in [-0.1, -0.05) is 18.2 Å². The van der Waals surface area contributed by atoms with E-state index in [-0.39, 0.29) is 5.56 Å². The molecule has 0 spiro atoms. The smallest absolute Gasteiger partial charge is 0.254 e. The molecule has 1 N–H and O–H groups in total. The third kappa shape index (κ3) is 2.76. The van der Waals surface area contributed by atoms with E-state index < -0.39 is 11.7 Å². The first-order valence-corrected chi connectivity index (χ1v) is 6.52. The minimum atomic E-state index is -0.531. The number of carbonyl (C=O) groups excluding carboxylic acids is 1. The van der Waals surface area contributed by atoms with Gasteiger partial charge in [0.25, 0.3) is 5.91 Å². The molecular formula is C16H13FN2O2. The molecule has 0 bridgehead atoms. The average Bonchev–Trinajstić information content (AvgIpc) is 2.84. The van der Waals surface area contributed by atoms with Gasteiger partial charge < -0.3 is 9.73 Å². The lowest BCUT2D eigenvalue weighted by Gasteiger charge is -2.06. The van der Waals surface area contributed by atoms with Crippen molar-refractivity contribution in [2.75, 3.05) is 0 Å². The first-order chi connectivity index (χ1) is 10.1. The highest BCUT2D eigenvalue weighted by atomic mass is 19.1. The van der Waals surface area contributed by atoms with Crippen LogP contribution in [0.4, 0.5) is 4.39 Å². The van der Waals surface area contributed by atoms with Gasteiger partial charge >= 0.3 is 0 Å². The molecule has 1 heterocycles. The molecule has 3 aromatic rings. The average molecular weight is 284 g/mol. The molecular weight excluding hydrogens is 271 g/mol. The summed E-state index contributed by atoms with van der Waals surface area (Å²) in [5.74, 6) is -0.379. The van der Waals surface area contributed by atoms with Gasteiger partial charge in [0.15, 0.2) is 11.5 Å². The summed E-state index contributed by atoms with van der Waals surface area (Å²) >= 11 is 0. The lowest BCUT2D eigenvalue weighted by atomic mass is 10.1. The van der Waals surface area contributed by atoms with E-state index >= 15 is 0 Å². The van der Waals surface area contributed by atoms with Crippen LogP contribution in [0.2, 0.25) is 0 Å². The number of fused-ring (bicyclic) bond motifs is 1. The normalized spacial score (nSPS) is 10.8. The molecule has 1 amide bonds. The van der Waals surface area contributed by atoms with Gasteiger partial charge in [-0.05, 0) is 29.8 Å². The third-order valence-electron chi connectivity index (χ3n) is 3.13. The van der Waals surface area contributed by atoms with Gasteiger partial charge in [-0.15, -0.1) is 0 Å². The topological polar surface area (TPSA) is 55.1 Å². The summed E-state index contributed by atoms with van der Waals surface area (Å²) in [5.41, 5.74) is 2.35. The number of nitrogens with zero attached hydrogens (tertiary/aromatic N) is 1. The Morgan fingerprint density at radius 1 is 1.29 bits per heavy atom. The number of aryl methyl sites for hydroxylation is 1. The molecule has 21 heavy (non-hydrogen) atoms. The molecule has 0 atom stereocenters. The molecule has 0 fully saturated rings. The first-order valence-electron chi connectivity index (χ1n) is 6.52. The largest absolute Gasteiger partial charge is 0.441 e. The van der Waals surface area contributed by atoms with Crippen molar-refractivity contribution in [3.63, 3.8) is 0 Å². The van der Waals surface area contributed by atoms with Crippen molar-refractivity contribution in [2.45, 2.75) is 13.5 Å². The lowest BCUT2D eigenvalue weighted by Crippen LogP contribution is -2.23. The Morgan fingerprint density at radius 3 is 2.90 bits per heavy atom. The van der Waals surface area contributed by atoms with Gasteiger partial charge in [0.2, 0.25) is 0 Å². The predicted octanol–water partition coefficient (Wildman–Crippen LogP) is 3.21. The number of aromatic nitrogens is 1. The second-order valence-corrected chi connectivity index (χ2v) is 4.70. The number of hydrogen-bond donors (Lipinski definition) is 1. The zero-order chi connectivity index (χ0) is 14.8. The van der Waals surface area contributed by atoms with Gasteiger partial charge in [-0.25, -0.2) is 9.37 Å². The predicted molar refractivity (Wildman–Crippen MR) is 76.3 cm³/mol. The van der Waals surface area contributed by atoms with Crippen LogP contribution in [0.1, 0.15) is 21.8 Å². The van der Waals surface area contributed by atoms with Crippen LogP contribution in [0.5, 0.6) is 0 Å². The fourth-order valence-corrected chi connectivity index (χ4v) is 2.12. The molecule has 5 heteroatoms. The van der Waals surface area contributed by atoms with Crippen LogP contribution >= 0.6 is 0 Å². The maximum absolute atomic E-state index is 13.5. The molecule has 4 nitrogen and oxygen atoms in total. The summed E-state index contributed by atoms with van der Waals surface area (Å²) in [6.07, 6.45) is 0. The maximum atomic E-state index is 13.5. The van der Waals surface area contributed by atoms with Gasteiger partial charge in [-0.2, -0.15) is 0 Å². The number of nitrogens with one attached hydrogen (secondary N) is 1. The van der Waals surface area contributed by atoms with Crippen molar-refractivity contribution in [1.82, 2.24) is 10.3 Å². The lowest BCUT2D eigenvalue weighted by molar-refractivity contribution is 0.0947. The number of benzene rings is 2. The number of amides is 1. The number of halogens is 1. The summed E-state index contributed by atoms with van der Waals surface area (Å²) in [4.78, 5) is 16.1. The standard InChI is InChI=1S/C16H13FN2O2/c1-10-19-14-7-6-11(8-15(14)21-10)9-18-16(20)12-4-2-3-5-13(12)17/h2-8H,9H2,1H3,(H,18,20). The Kier molecular flexibility index (Phi) is 3.39. The number of oxazole rings is 1. The van der Waals surface area contributed by atoms with Crippen molar-refractivity contribution in [3.8, 4) is 0 Å². The summed E-state index contributed by atoms with van der Waals surface area (Å²) in [5, 5.41) is 2.69. The van der Waals surface area contributed by atoms with E-state index in [9.17, 15) is 9.18 Å². The monoisotopic (exact) mass is 284 g/mol. The highest BCUT2D eigenvalue weighted by Gasteiger charge is 2.10. The highest BCUT2D eigenvalue weighted by molar-refractivity contribution is 5.94. The second-order valence-electron chi connectivity index (χ2n) is 4.70. The third-order valence-corrected chi connectivity index (χ3v) is 3.13. The van der Waals surface area contributed by atoms with Crippen LogP contribution in [0, 0.1) is 12.7 Å². The van der Waals surface area contributed by atoms with E-state index in [4.69, 9.17) is 4.42 Å². The van der Waals surface area contributed by atoms with E-state index in [1.54, 1.807) is 19.1 Å². The van der Waals surface area contributed by atoms with Crippen molar-refractivity contribution < 1.29 is 13.6 Å². The molecule has 0 radical (unpaired) electrons. The van der Waals surface area contributed by atoms with Crippen LogP contribution in [-0.4, -0.2) is 10.9 Å². The molecule has 0 aliphatic carbocycles. The summed E-state index contributed by atoms with van der Waals surface area (Å²) in [6.45, 7) is 2.07. The van der Waals surface area contributed by atoms with E-state index in [0.29, 0.717) is 18.0 Å². The van der Waals surface area contributed by atoms with Crippen LogP contribution < -0.4 is 5.32 Å². The van der Waals surface area contributed by atoms with E-state index in [0.717, 1.165) is 11.1 Å². The molecule has 0 saturated carbocycles. The van der Waals surface area contributed by atoms with Gasteiger partial charge in [0.05, 0.1) is 5.56 Å². The Bertz CT molecular complexity index is 811. The minimum absolute atomic E-state index is 0.0362.